The van der Waals surface area contributed by atoms with Gasteiger partial charge in [0.1, 0.15) is 26.2 Å². The number of hydrogen-bond acceptors (Lipinski definition) is 4. The first kappa shape index (κ1) is 28.5. The van der Waals surface area contributed by atoms with E-state index in [2.05, 4.69) is 14.1 Å². The van der Waals surface area contributed by atoms with Crippen molar-refractivity contribution in [3.63, 3.8) is 0 Å². The fourth-order valence-electron chi connectivity index (χ4n) is 2.80. The van der Waals surface area contributed by atoms with E-state index >= 15 is 0 Å². The van der Waals surface area contributed by atoms with E-state index in [1.165, 1.54) is 0 Å². The van der Waals surface area contributed by atoms with Crippen molar-refractivity contribution < 1.29 is 63.4 Å². The molecule has 0 aliphatic heterocycles. The second-order valence-corrected chi connectivity index (χ2v) is 6.54. The number of aliphatic hydroxyl groups is 4. The van der Waals surface area contributed by atoms with Gasteiger partial charge in [0.25, 0.3) is 0 Å². The summed E-state index contributed by atoms with van der Waals surface area (Å²) < 4.78 is 1.43. The van der Waals surface area contributed by atoms with Crippen LogP contribution in [0.25, 0.3) is 0 Å². The first-order valence-electron chi connectivity index (χ1n) is 8.06. The Kier molecular flexibility index (Phi) is 20.1. The minimum atomic E-state index is 0. The van der Waals surface area contributed by atoms with E-state index in [0.29, 0.717) is 35.1 Å². The van der Waals surface area contributed by atoms with E-state index in [0.717, 1.165) is 32.4 Å². The maximum absolute atomic E-state index is 9.11. The molecule has 0 amide bonds. The van der Waals surface area contributed by atoms with Gasteiger partial charge in [-0.3, -0.25) is 0 Å². The Balaban J connectivity index is -0.00000200. The molecule has 0 radical (unpaired) electrons. The highest BCUT2D eigenvalue weighted by atomic mass is 79.9. The highest BCUT2D eigenvalue weighted by molar-refractivity contribution is 4.47. The van der Waals surface area contributed by atoms with Crippen LogP contribution in [0, 0.1) is 0 Å². The quantitative estimate of drug-likeness (QED) is 0.151. The SMILES string of the molecule is C[N+](CCO)(CCO)CCCCC[N+](C)(CCO)CCO.[Br-].[Br-]. The molecular formula is C15H36Br2N2O4. The average Bonchev–Trinajstić information content (AvgIpc) is 2.39. The molecule has 0 saturated heterocycles. The van der Waals surface area contributed by atoms with Crippen molar-refractivity contribution in [2.45, 2.75) is 19.3 Å². The van der Waals surface area contributed by atoms with Crippen molar-refractivity contribution in [1.29, 1.82) is 0 Å². The highest BCUT2D eigenvalue weighted by Crippen LogP contribution is 2.10. The third kappa shape index (κ3) is 13.7. The van der Waals surface area contributed by atoms with E-state index in [-0.39, 0.29) is 60.4 Å². The van der Waals surface area contributed by atoms with Crippen LogP contribution in [0.1, 0.15) is 19.3 Å². The van der Waals surface area contributed by atoms with Crippen LogP contribution < -0.4 is 34.0 Å². The van der Waals surface area contributed by atoms with Crippen LogP contribution in [-0.4, -0.2) is 109 Å². The number of halogens is 2. The summed E-state index contributed by atoms with van der Waals surface area (Å²) in [7, 11) is 4.15. The zero-order valence-electron chi connectivity index (χ0n) is 14.6. The van der Waals surface area contributed by atoms with Crippen molar-refractivity contribution in [1.82, 2.24) is 0 Å². The van der Waals surface area contributed by atoms with E-state index in [1.54, 1.807) is 0 Å². The topological polar surface area (TPSA) is 80.9 Å². The van der Waals surface area contributed by atoms with Crippen LogP contribution >= 0.6 is 0 Å². The summed E-state index contributed by atoms with van der Waals surface area (Å²) in [5.74, 6) is 0. The number of unbranched alkanes of at least 4 members (excludes halogenated alkanes) is 2. The predicted octanol–water partition coefficient (Wildman–Crippen LogP) is -6.97. The summed E-state index contributed by atoms with van der Waals surface area (Å²) >= 11 is 0. The number of likely N-dealkylation sites (N-methyl/N-ethyl adjacent to an activating group) is 2. The molecule has 6 nitrogen and oxygen atoms in total. The Morgan fingerprint density at radius 3 is 0.957 bits per heavy atom. The highest BCUT2D eigenvalue weighted by Gasteiger charge is 2.21. The molecule has 8 heteroatoms. The molecule has 0 spiro atoms. The Morgan fingerprint density at radius 2 is 0.739 bits per heavy atom. The number of nitrogens with zero attached hydrogens (tertiary/aromatic N) is 2. The minimum Gasteiger partial charge on any atom is -1.00 e. The third-order valence-corrected chi connectivity index (χ3v) is 4.46. The molecule has 0 bridgehead atoms. The normalized spacial score (nSPS) is 11.7. The fourth-order valence-corrected chi connectivity index (χ4v) is 2.80. The van der Waals surface area contributed by atoms with Gasteiger partial charge in [-0.1, -0.05) is 0 Å². The van der Waals surface area contributed by atoms with Gasteiger partial charge >= 0.3 is 0 Å². The average molecular weight is 468 g/mol. The van der Waals surface area contributed by atoms with E-state index in [1.807, 2.05) is 0 Å². The zero-order chi connectivity index (χ0) is 16.2. The fraction of sp³-hybridized carbons (Fsp3) is 1.00. The number of hydrogen-bond donors (Lipinski definition) is 4. The van der Waals surface area contributed by atoms with E-state index < -0.39 is 0 Å². The molecular weight excluding hydrogens is 432 g/mol. The van der Waals surface area contributed by atoms with Crippen LogP contribution in [0.15, 0.2) is 0 Å². The summed E-state index contributed by atoms with van der Waals surface area (Å²) in [6.07, 6.45) is 3.22. The third-order valence-electron chi connectivity index (χ3n) is 4.46. The van der Waals surface area contributed by atoms with Gasteiger partial charge in [0.15, 0.2) is 0 Å². The smallest absolute Gasteiger partial charge is 0.102 e. The van der Waals surface area contributed by atoms with Gasteiger partial charge in [0.2, 0.25) is 0 Å². The molecule has 23 heavy (non-hydrogen) atoms. The van der Waals surface area contributed by atoms with Crippen molar-refractivity contribution in [3.05, 3.63) is 0 Å². The molecule has 0 aromatic carbocycles. The first-order valence-corrected chi connectivity index (χ1v) is 8.06. The molecule has 0 saturated carbocycles. The molecule has 4 N–H and O–H groups in total. The van der Waals surface area contributed by atoms with Crippen molar-refractivity contribution >= 4 is 0 Å². The molecule has 144 valence electrons. The van der Waals surface area contributed by atoms with Gasteiger partial charge in [-0.15, -0.1) is 0 Å². The molecule has 0 atom stereocenters. The molecule has 0 aliphatic rings. The van der Waals surface area contributed by atoms with E-state index in [9.17, 15) is 0 Å². The molecule has 0 aromatic rings. The van der Waals surface area contributed by atoms with Gasteiger partial charge < -0.3 is 63.4 Å². The standard InChI is InChI=1S/C15H36N2O4.2BrH/c1-16(8-12-18,9-13-19)6-4-3-5-7-17(2,10-14-20)11-15-21;;/h18-21H,3-15H2,1-2H3;2*1H/q+2;;/p-2. The van der Waals surface area contributed by atoms with E-state index in [4.69, 9.17) is 20.4 Å². The minimum absolute atomic E-state index is 0. The Morgan fingerprint density at radius 1 is 0.478 bits per heavy atom. The lowest BCUT2D eigenvalue weighted by atomic mass is 10.2. The Hall–Kier alpha value is 0.720. The van der Waals surface area contributed by atoms with Crippen molar-refractivity contribution in [3.8, 4) is 0 Å². The lowest BCUT2D eigenvalue weighted by Crippen LogP contribution is -3.00. The van der Waals surface area contributed by atoms with Crippen molar-refractivity contribution in [2.24, 2.45) is 0 Å². The molecule has 0 fully saturated rings. The van der Waals surface area contributed by atoms with Gasteiger partial charge in [-0.05, 0) is 19.3 Å². The summed E-state index contributed by atoms with van der Waals surface area (Å²) in [4.78, 5) is 0. The Labute approximate surface area is 162 Å². The second kappa shape index (κ2) is 16.2. The molecule has 0 aliphatic carbocycles. The van der Waals surface area contributed by atoms with Gasteiger partial charge in [-0.25, -0.2) is 0 Å². The second-order valence-electron chi connectivity index (χ2n) is 6.54. The summed E-state index contributed by atoms with van der Waals surface area (Å²) in [6.45, 7) is 5.27. The van der Waals surface area contributed by atoms with Crippen LogP contribution in [0.4, 0.5) is 0 Å². The van der Waals surface area contributed by atoms with Crippen LogP contribution in [0.2, 0.25) is 0 Å². The lowest BCUT2D eigenvalue weighted by molar-refractivity contribution is -0.912. The van der Waals surface area contributed by atoms with Crippen LogP contribution in [-0.2, 0) is 0 Å². The molecule has 0 rings (SSSR count). The lowest BCUT2D eigenvalue weighted by Gasteiger charge is -2.34. The van der Waals surface area contributed by atoms with Gasteiger partial charge in [-0.2, -0.15) is 0 Å². The summed E-state index contributed by atoms with van der Waals surface area (Å²) in [5.41, 5.74) is 0. The number of aliphatic hydroxyl groups excluding tert-OH is 4. The molecule has 0 aromatic heterocycles. The number of rotatable bonds is 14. The van der Waals surface area contributed by atoms with Gasteiger partial charge in [0, 0.05) is 0 Å². The maximum Gasteiger partial charge on any atom is 0.102 e. The first-order chi connectivity index (χ1) is 9.95. The maximum atomic E-state index is 9.11. The van der Waals surface area contributed by atoms with Crippen LogP contribution in [0.5, 0.6) is 0 Å². The molecule has 0 heterocycles. The predicted molar refractivity (Wildman–Crippen MR) is 83.8 cm³/mol. The van der Waals surface area contributed by atoms with Crippen LogP contribution in [0.3, 0.4) is 0 Å². The molecule has 0 unspecified atom stereocenters. The summed E-state index contributed by atoms with van der Waals surface area (Å²) in [5, 5.41) is 36.4. The largest absolute Gasteiger partial charge is 1.00 e. The Bertz CT molecular complexity index is 226. The van der Waals surface area contributed by atoms with Gasteiger partial charge in [0.05, 0.1) is 53.6 Å². The van der Waals surface area contributed by atoms with Crippen molar-refractivity contribution in [2.75, 3.05) is 79.8 Å². The summed E-state index contributed by atoms with van der Waals surface area (Å²) in [6, 6.07) is 0. The number of quaternary nitrogens is 2. The monoisotopic (exact) mass is 466 g/mol. The zero-order valence-corrected chi connectivity index (χ0v) is 17.8.